The third kappa shape index (κ3) is 7.82. The van der Waals surface area contributed by atoms with Gasteiger partial charge in [0.2, 0.25) is 0 Å². The fraction of sp³-hybridized carbons (Fsp3) is 0.909. The van der Waals surface area contributed by atoms with Crippen molar-refractivity contribution in [2.45, 2.75) is 52.9 Å². The number of esters is 1. The van der Waals surface area contributed by atoms with Crippen LogP contribution in [-0.4, -0.2) is 12.6 Å². The van der Waals surface area contributed by atoms with Crippen molar-refractivity contribution in [2.24, 2.45) is 5.92 Å². The molecule has 0 aromatic carbocycles. The Balaban J connectivity index is 3.28. The van der Waals surface area contributed by atoms with E-state index in [1.54, 1.807) is 0 Å². The van der Waals surface area contributed by atoms with Crippen molar-refractivity contribution in [3.63, 3.8) is 0 Å². The summed E-state index contributed by atoms with van der Waals surface area (Å²) in [4.78, 5) is 11.0. The van der Waals surface area contributed by atoms with Crippen LogP contribution in [-0.2, 0) is 9.53 Å². The maximum absolute atomic E-state index is 11.0. The van der Waals surface area contributed by atoms with E-state index in [0.717, 1.165) is 18.8 Å². The molecule has 0 rings (SSSR count). The van der Waals surface area contributed by atoms with Gasteiger partial charge in [-0.3, -0.25) is 4.79 Å². The molecule has 0 aliphatic carbocycles. The molecular formula is C11H22O2. The van der Waals surface area contributed by atoms with E-state index in [1.807, 2.05) is 6.92 Å². The normalized spacial score (nSPS) is 12.5. The van der Waals surface area contributed by atoms with E-state index in [-0.39, 0.29) is 5.97 Å². The van der Waals surface area contributed by atoms with E-state index in [4.69, 9.17) is 4.74 Å². The molecule has 13 heavy (non-hydrogen) atoms. The lowest BCUT2D eigenvalue weighted by Crippen LogP contribution is -2.04. The number of carbonyl (C=O) groups excluding carboxylic acids is 1. The van der Waals surface area contributed by atoms with Gasteiger partial charge in [-0.1, -0.05) is 33.1 Å². The van der Waals surface area contributed by atoms with Gasteiger partial charge in [-0.15, -0.1) is 0 Å². The summed E-state index contributed by atoms with van der Waals surface area (Å²) in [5, 5.41) is 0. The van der Waals surface area contributed by atoms with Crippen LogP contribution < -0.4 is 0 Å². The van der Waals surface area contributed by atoms with Gasteiger partial charge in [0, 0.05) is 6.42 Å². The van der Waals surface area contributed by atoms with Crippen LogP contribution in [0, 0.1) is 5.92 Å². The summed E-state index contributed by atoms with van der Waals surface area (Å²) in [7, 11) is 0. The summed E-state index contributed by atoms with van der Waals surface area (Å²) in [5.41, 5.74) is 0. The van der Waals surface area contributed by atoms with Crippen LogP contribution in [0.1, 0.15) is 52.9 Å². The molecule has 0 heterocycles. The molecule has 0 aromatic rings. The van der Waals surface area contributed by atoms with Crippen molar-refractivity contribution in [1.29, 1.82) is 0 Å². The molecular weight excluding hydrogens is 164 g/mol. The molecule has 2 nitrogen and oxygen atoms in total. The topological polar surface area (TPSA) is 26.3 Å². The summed E-state index contributed by atoms with van der Waals surface area (Å²) in [5.74, 6) is 0.700. The third-order valence-electron chi connectivity index (χ3n) is 2.16. The summed E-state index contributed by atoms with van der Waals surface area (Å²) in [6, 6.07) is 0. The molecule has 0 N–H and O–H groups in total. The van der Waals surface area contributed by atoms with Crippen LogP contribution in [0.3, 0.4) is 0 Å². The Morgan fingerprint density at radius 1 is 1.31 bits per heavy atom. The molecule has 1 atom stereocenters. The van der Waals surface area contributed by atoms with Crippen LogP contribution in [0.15, 0.2) is 0 Å². The van der Waals surface area contributed by atoms with E-state index in [1.165, 1.54) is 12.8 Å². The summed E-state index contributed by atoms with van der Waals surface area (Å²) in [6.07, 6.45) is 5.21. The zero-order valence-corrected chi connectivity index (χ0v) is 9.14. The highest BCUT2D eigenvalue weighted by Gasteiger charge is 2.04. The quantitative estimate of drug-likeness (QED) is 0.571. The lowest BCUT2D eigenvalue weighted by molar-refractivity contribution is -0.143. The minimum absolute atomic E-state index is 0.0498. The van der Waals surface area contributed by atoms with E-state index in [0.29, 0.717) is 13.0 Å². The number of hydrogen-bond donors (Lipinski definition) is 0. The Hall–Kier alpha value is -0.530. The van der Waals surface area contributed by atoms with Gasteiger partial charge in [-0.2, -0.15) is 0 Å². The number of ether oxygens (including phenoxy) is 1. The minimum atomic E-state index is -0.0498. The molecule has 0 saturated carbocycles. The van der Waals surface area contributed by atoms with Crippen molar-refractivity contribution in [1.82, 2.24) is 0 Å². The lowest BCUT2D eigenvalue weighted by atomic mass is 9.99. The Labute approximate surface area is 81.7 Å². The second kappa shape index (κ2) is 8.09. The number of carbonyl (C=O) groups is 1. The van der Waals surface area contributed by atoms with Crippen LogP contribution >= 0.6 is 0 Å². The Morgan fingerprint density at radius 2 is 2.00 bits per heavy atom. The zero-order chi connectivity index (χ0) is 10.1. The number of rotatable bonds is 7. The molecule has 0 aliphatic rings. The molecule has 0 aromatic heterocycles. The highest BCUT2D eigenvalue weighted by atomic mass is 16.5. The van der Waals surface area contributed by atoms with Crippen LogP contribution in [0.5, 0.6) is 0 Å². The Kier molecular flexibility index (Phi) is 7.76. The fourth-order valence-corrected chi connectivity index (χ4v) is 1.47. The smallest absolute Gasteiger partial charge is 0.305 e. The molecule has 0 spiro atoms. The van der Waals surface area contributed by atoms with E-state index in [9.17, 15) is 4.79 Å². The van der Waals surface area contributed by atoms with Gasteiger partial charge < -0.3 is 4.74 Å². The van der Waals surface area contributed by atoms with Gasteiger partial charge in [0.05, 0.1) is 6.61 Å². The molecule has 0 amide bonds. The average Bonchev–Trinajstić information content (AvgIpc) is 2.05. The van der Waals surface area contributed by atoms with Crippen molar-refractivity contribution >= 4 is 5.97 Å². The van der Waals surface area contributed by atoms with Gasteiger partial charge in [0.1, 0.15) is 0 Å². The van der Waals surface area contributed by atoms with Crippen LogP contribution in [0.2, 0.25) is 0 Å². The van der Waals surface area contributed by atoms with Gasteiger partial charge in [-0.25, -0.2) is 0 Å². The SMILES string of the molecule is CCC[C@@H](C)CCCC(=O)OCC. The van der Waals surface area contributed by atoms with Gasteiger partial charge in [0.25, 0.3) is 0 Å². The number of hydrogen-bond acceptors (Lipinski definition) is 2. The molecule has 0 bridgehead atoms. The molecule has 0 saturated heterocycles. The van der Waals surface area contributed by atoms with Crippen LogP contribution in [0.25, 0.3) is 0 Å². The maximum Gasteiger partial charge on any atom is 0.305 e. The van der Waals surface area contributed by atoms with Gasteiger partial charge in [0.15, 0.2) is 0 Å². The average molecular weight is 186 g/mol. The van der Waals surface area contributed by atoms with Gasteiger partial charge in [-0.05, 0) is 19.3 Å². The van der Waals surface area contributed by atoms with E-state index < -0.39 is 0 Å². The van der Waals surface area contributed by atoms with Crippen molar-refractivity contribution < 1.29 is 9.53 Å². The summed E-state index contributed by atoms with van der Waals surface area (Å²) < 4.78 is 4.84. The summed E-state index contributed by atoms with van der Waals surface area (Å²) in [6.45, 7) is 6.79. The first-order chi connectivity index (χ1) is 6.20. The Bertz CT molecular complexity index is 132. The van der Waals surface area contributed by atoms with Crippen LogP contribution in [0.4, 0.5) is 0 Å². The van der Waals surface area contributed by atoms with E-state index >= 15 is 0 Å². The molecule has 0 unspecified atom stereocenters. The maximum atomic E-state index is 11.0. The Morgan fingerprint density at radius 3 is 2.54 bits per heavy atom. The molecule has 0 aliphatic heterocycles. The minimum Gasteiger partial charge on any atom is -0.466 e. The predicted molar refractivity (Wildman–Crippen MR) is 54.6 cm³/mol. The lowest BCUT2D eigenvalue weighted by Gasteiger charge is -2.08. The fourth-order valence-electron chi connectivity index (χ4n) is 1.47. The monoisotopic (exact) mass is 186 g/mol. The van der Waals surface area contributed by atoms with E-state index in [2.05, 4.69) is 13.8 Å². The molecule has 0 fully saturated rings. The van der Waals surface area contributed by atoms with Gasteiger partial charge >= 0.3 is 5.97 Å². The zero-order valence-electron chi connectivity index (χ0n) is 9.14. The molecule has 2 heteroatoms. The molecule has 0 radical (unpaired) electrons. The first-order valence-corrected chi connectivity index (χ1v) is 5.36. The first-order valence-electron chi connectivity index (χ1n) is 5.36. The standard InChI is InChI=1S/C11H22O2/c1-4-7-10(3)8-6-9-11(12)13-5-2/h10H,4-9H2,1-3H3/t10-/m1/s1. The second-order valence-electron chi connectivity index (χ2n) is 3.59. The highest BCUT2D eigenvalue weighted by molar-refractivity contribution is 5.69. The first kappa shape index (κ1) is 12.5. The van der Waals surface area contributed by atoms with Crippen molar-refractivity contribution in [2.75, 3.05) is 6.61 Å². The third-order valence-corrected chi connectivity index (χ3v) is 2.16. The largest absolute Gasteiger partial charge is 0.466 e. The predicted octanol–water partition coefficient (Wildman–Crippen LogP) is 3.16. The summed E-state index contributed by atoms with van der Waals surface area (Å²) >= 11 is 0. The van der Waals surface area contributed by atoms with Crippen molar-refractivity contribution in [3.8, 4) is 0 Å². The highest BCUT2D eigenvalue weighted by Crippen LogP contribution is 2.13. The van der Waals surface area contributed by atoms with Crippen molar-refractivity contribution in [3.05, 3.63) is 0 Å². The second-order valence-corrected chi connectivity index (χ2v) is 3.59. The molecule has 78 valence electrons.